The Morgan fingerprint density at radius 2 is 1.61 bits per heavy atom. The summed E-state index contributed by atoms with van der Waals surface area (Å²) >= 11 is 0. The molecule has 0 spiro atoms. The Hall–Kier alpha value is -2.67. The van der Waals surface area contributed by atoms with Crippen LogP contribution in [0.2, 0.25) is 0 Å². The molecule has 0 saturated carbocycles. The fourth-order valence-electron chi connectivity index (χ4n) is 2.16. The number of anilines is 2. The number of hydrogen-bond donors (Lipinski definition) is 2. The standard InChI is InChI=1S/C16H16N4O2S/c1-10-7-14-15(8-11(10)2)19-16(9-18-14)20-23(21,22)13-5-3-12(17)4-6-13/h3-9H,17H2,1-2H3,(H,19,20). The van der Waals surface area contributed by atoms with Crippen molar-refractivity contribution in [2.24, 2.45) is 0 Å². The first-order valence-electron chi connectivity index (χ1n) is 6.97. The van der Waals surface area contributed by atoms with Gasteiger partial charge in [-0.05, 0) is 61.4 Å². The Kier molecular flexibility index (Phi) is 3.65. The zero-order valence-corrected chi connectivity index (χ0v) is 13.6. The predicted molar refractivity (Wildman–Crippen MR) is 90.7 cm³/mol. The summed E-state index contributed by atoms with van der Waals surface area (Å²) in [5.74, 6) is 0.178. The minimum absolute atomic E-state index is 0.119. The molecule has 3 rings (SSSR count). The molecule has 2 aromatic carbocycles. The summed E-state index contributed by atoms with van der Waals surface area (Å²) in [5, 5.41) is 0. The molecule has 1 heterocycles. The van der Waals surface area contributed by atoms with Crippen molar-refractivity contribution in [1.29, 1.82) is 0 Å². The Balaban J connectivity index is 1.97. The molecule has 6 nitrogen and oxygen atoms in total. The highest BCUT2D eigenvalue weighted by Gasteiger charge is 2.15. The topological polar surface area (TPSA) is 98.0 Å². The maximum absolute atomic E-state index is 12.4. The van der Waals surface area contributed by atoms with Crippen molar-refractivity contribution in [3.63, 3.8) is 0 Å². The number of nitrogen functional groups attached to an aromatic ring is 1. The van der Waals surface area contributed by atoms with Crippen LogP contribution in [0.5, 0.6) is 0 Å². The predicted octanol–water partition coefficient (Wildman–Crippen LogP) is 2.63. The van der Waals surface area contributed by atoms with E-state index in [2.05, 4.69) is 14.7 Å². The van der Waals surface area contributed by atoms with Crippen LogP contribution in [0.3, 0.4) is 0 Å². The Bertz CT molecular complexity index is 983. The summed E-state index contributed by atoms with van der Waals surface area (Å²) in [7, 11) is -3.73. The van der Waals surface area contributed by atoms with Crippen molar-refractivity contribution in [3.05, 3.63) is 53.7 Å². The van der Waals surface area contributed by atoms with Crippen molar-refractivity contribution in [2.45, 2.75) is 18.7 Å². The number of nitrogens with two attached hydrogens (primary N) is 1. The summed E-state index contributed by atoms with van der Waals surface area (Å²) in [5.41, 5.74) is 9.63. The van der Waals surface area contributed by atoms with E-state index in [9.17, 15) is 8.42 Å². The van der Waals surface area contributed by atoms with Crippen LogP contribution in [-0.4, -0.2) is 18.4 Å². The molecule has 1 aromatic heterocycles. The van der Waals surface area contributed by atoms with Gasteiger partial charge in [0.05, 0.1) is 22.1 Å². The first-order valence-corrected chi connectivity index (χ1v) is 8.46. The normalized spacial score (nSPS) is 11.6. The maximum Gasteiger partial charge on any atom is 0.263 e. The van der Waals surface area contributed by atoms with Gasteiger partial charge >= 0.3 is 0 Å². The largest absolute Gasteiger partial charge is 0.399 e. The number of benzene rings is 2. The highest BCUT2D eigenvalue weighted by atomic mass is 32.2. The molecule has 0 atom stereocenters. The number of hydrogen-bond acceptors (Lipinski definition) is 5. The van der Waals surface area contributed by atoms with Gasteiger partial charge in [-0.3, -0.25) is 9.71 Å². The Morgan fingerprint density at radius 1 is 1.00 bits per heavy atom. The average Bonchev–Trinajstić information content (AvgIpc) is 2.49. The molecule has 0 unspecified atom stereocenters. The van der Waals surface area contributed by atoms with Crippen LogP contribution in [0.25, 0.3) is 11.0 Å². The summed E-state index contributed by atoms with van der Waals surface area (Å²) < 4.78 is 27.1. The van der Waals surface area contributed by atoms with Crippen LogP contribution in [-0.2, 0) is 10.0 Å². The third kappa shape index (κ3) is 3.09. The van der Waals surface area contributed by atoms with Crippen LogP contribution in [0, 0.1) is 13.8 Å². The van der Waals surface area contributed by atoms with E-state index < -0.39 is 10.0 Å². The second-order valence-corrected chi connectivity index (χ2v) is 7.04. The molecular formula is C16H16N4O2S. The van der Waals surface area contributed by atoms with Crippen molar-refractivity contribution in [1.82, 2.24) is 9.97 Å². The number of nitrogens with zero attached hydrogens (tertiary/aromatic N) is 2. The van der Waals surface area contributed by atoms with E-state index in [4.69, 9.17) is 5.73 Å². The monoisotopic (exact) mass is 328 g/mol. The quantitative estimate of drug-likeness (QED) is 0.720. The second kappa shape index (κ2) is 5.51. The molecule has 0 amide bonds. The number of aryl methyl sites for hydroxylation is 2. The summed E-state index contributed by atoms with van der Waals surface area (Å²) in [6, 6.07) is 9.77. The molecule has 0 fully saturated rings. The van der Waals surface area contributed by atoms with E-state index in [1.807, 2.05) is 26.0 Å². The van der Waals surface area contributed by atoms with Crippen LogP contribution in [0.1, 0.15) is 11.1 Å². The molecule has 0 aliphatic rings. The van der Waals surface area contributed by atoms with Crippen molar-refractivity contribution < 1.29 is 8.42 Å². The average molecular weight is 328 g/mol. The van der Waals surface area contributed by atoms with Crippen LogP contribution in [0.15, 0.2) is 47.5 Å². The van der Waals surface area contributed by atoms with Crippen LogP contribution >= 0.6 is 0 Å². The molecule has 118 valence electrons. The number of sulfonamides is 1. The fourth-order valence-corrected chi connectivity index (χ4v) is 3.15. The minimum atomic E-state index is -3.73. The van der Waals surface area contributed by atoms with E-state index in [1.165, 1.54) is 30.5 Å². The molecular weight excluding hydrogens is 312 g/mol. The summed E-state index contributed by atoms with van der Waals surface area (Å²) in [6.45, 7) is 3.97. The minimum Gasteiger partial charge on any atom is -0.399 e. The van der Waals surface area contributed by atoms with Gasteiger partial charge in [0.25, 0.3) is 10.0 Å². The van der Waals surface area contributed by atoms with Gasteiger partial charge in [-0.2, -0.15) is 0 Å². The third-order valence-corrected chi connectivity index (χ3v) is 4.96. The van der Waals surface area contributed by atoms with Crippen LogP contribution in [0.4, 0.5) is 11.5 Å². The molecule has 3 aromatic rings. The van der Waals surface area contributed by atoms with Gasteiger partial charge in [0.1, 0.15) is 0 Å². The molecule has 3 N–H and O–H groups in total. The SMILES string of the molecule is Cc1cc2ncc(NS(=O)(=O)c3ccc(N)cc3)nc2cc1C. The number of fused-ring (bicyclic) bond motifs is 1. The van der Waals surface area contributed by atoms with Gasteiger partial charge in [-0.25, -0.2) is 13.4 Å². The van der Waals surface area contributed by atoms with E-state index in [0.717, 1.165) is 16.6 Å². The number of nitrogens with one attached hydrogen (secondary N) is 1. The van der Waals surface area contributed by atoms with E-state index >= 15 is 0 Å². The molecule has 0 saturated heterocycles. The fraction of sp³-hybridized carbons (Fsp3) is 0.125. The molecule has 0 radical (unpaired) electrons. The lowest BCUT2D eigenvalue weighted by molar-refractivity contribution is 0.601. The first kappa shape index (κ1) is 15.2. The zero-order chi connectivity index (χ0) is 16.6. The van der Waals surface area contributed by atoms with E-state index in [-0.39, 0.29) is 10.7 Å². The van der Waals surface area contributed by atoms with Gasteiger partial charge in [0.2, 0.25) is 0 Å². The third-order valence-electron chi connectivity index (χ3n) is 3.59. The number of rotatable bonds is 3. The number of aromatic nitrogens is 2. The lowest BCUT2D eigenvalue weighted by atomic mass is 10.1. The second-order valence-electron chi connectivity index (χ2n) is 5.35. The van der Waals surface area contributed by atoms with Crippen molar-refractivity contribution in [2.75, 3.05) is 10.5 Å². The Morgan fingerprint density at radius 3 is 2.26 bits per heavy atom. The smallest absolute Gasteiger partial charge is 0.263 e. The molecule has 7 heteroatoms. The molecule has 0 aliphatic heterocycles. The van der Waals surface area contributed by atoms with Gasteiger partial charge in [0.15, 0.2) is 5.82 Å². The lowest BCUT2D eigenvalue weighted by Crippen LogP contribution is -2.14. The van der Waals surface area contributed by atoms with Gasteiger partial charge in [0, 0.05) is 5.69 Å². The highest BCUT2D eigenvalue weighted by Crippen LogP contribution is 2.20. The summed E-state index contributed by atoms with van der Waals surface area (Å²) in [6.07, 6.45) is 1.41. The first-order chi connectivity index (χ1) is 10.8. The van der Waals surface area contributed by atoms with Crippen molar-refractivity contribution in [3.8, 4) is 0 Å². The zero-order valence-electron chi connectivity index (χ0n) is 12.7. The molecule has 0 aliphatic carbocycles. The Labute approximate surface area is 134 Å². The van der Waals surface area contributed by atoms with Crippen molar-refractivity contribution >= 4 is 32.6 Å². The van der Waals surface area contributed by atoms with Gasteiger partial charge < -0.3 is 5.73 Å². The van der Waals surface area contributed by atoms with E-state index in [1.54, 1.807) is 0 Å². The molecule has 0 bridgehead atoms. The lowest BCUT2D eigenvalue weighted by Gasteiger charge is -2.09. The van der Waals surface area contributed by atoms with Gasteiger partial charge in [-0.15, -0.1) is 0 Å². The summed E-state index contributed by atoms with van der Waals surface area (Å²) in [4.78, 5) is 8.71. The molecule has 23 heavy (non-hydrogen) atoms. The van der Waals surface area contributed by atoms with Crippen LogP contribution < -0.4 is 10.5 Å². The highest BCUT2D eigenvalue weighted by molar-refractivity contribution is 7.92. The van der Waals surface area contributed by atoms with Gasteiger partial charge in [-0.1, -0.05) is 0 Å². The maximum atomic E-state index is 12.4. The van der Waals surface area contributed by atoms with E-state index in [0.29, 0.717) is 11.2 Å².